The maximum atomic E-state index is 3.92. The lowest BCUT2D eigenvalue weighted by atomic mass is 9.92. The molecule has 1 N–H and O–H groups in total. The first-order valence-electron chi connectivity index (χ1n) is 6.95. The highest BCUT2D eigenvalue weighted by Crippen LogP contribution is 2.36. The van der Waals surface area contributed by atoms with Gasteiger partial charge in [-0.15, -0.1) is 11.3 Å². The van der Waals surface area contributed by atoms with E-state index in [0.29, 0.717) is 12.1 Å². The number of likely N-dealkylation sites (N-methyl/N-ethyl adjacent to an activating group) is 1. The first kappa shape index (κ1) is 13.3. The zero-order valence-corrected chi connectivity index (χ0v) is 13.9. The second-order valence-electron chi connectivity index (χ2n) is 5.64. The molecule has 2 nitrogen and oxygen atoms in total. The molecule has 1 aromatic rings. The molecular weight excluding hydrogens is 355 g/mol. The Hall–Kier alpha value is 0.350. The van der Waals surface area contributed by atoms with Crippen molar-refractivity contribution in [2.45, 2.75) is 44.2 Å². The van der Waals surface area contributed by atoms with E-state index in [0.717, 1.165) is 0 Å². The summed E-state index contributed by atoms with van der Waals surface area (Å²) in [6, 6.07) is 3.71. The Morgan fingerprint density at radius 3 is 3.11 bits per heavy atom. The number of hydrogen-bond donors (Lipinski definition) is 1. The summed E-state index contributed by atoms with van der Waals surface area (Å²) >= 11 is 4.46. The van der Waals surface area contributed by atoms with Gasteiger partial charge in [0, 0.05) is 23.5 Å². The average molecular weight is 376 g/mol. The van der Waals surface area contributed by atoms with Gasteiger partial charge in [0.2, 0.25) is 0 Å². The molecule has 100 valence electrons. The highest BCUT2D eigenvalue weighted by atomic mass is 127. The molecular formula is C14H21IN2S. The fourth-order valence-electron chi connectivity index (χ4n) is 3.28. The minimum Gasteiger partial charge on any atom is -0.306 e. The minimum absolute atomic E-state index is 0.616. The highest BCUT2D eigenvalue weighted by Gasteiger charge is 2.26. The number of likely N-dealkylation sites (tertiary alicyclic amines) is 1. The largest absolute Gasteiger partial charge is 0.306 e. The van der Waals surface area contributed by atoms with E-state index >= 15 is 0 Å². The quantitative estimate of drug-likeness (QED) is 0.796. The molecule has 1 aliphatic heterocycles. The first-order chi connectivity index (χ1) is 8.72. The third-order valence-electron chi connectivity index (χ3n) is 4.15. The van der Waals surface area contributed by atoms with Crippen molar-refractivity contribution in [2.75, 3.05) is 20.1 Å². The van der Waals surface area contributed by atoms with Crippen LogP contribution in [-0.4, -0.2) is 31.1 Å². The number of piperidine rings is 1. The molecule has 18 heavy (non-hydrogen) atoms. The molecule has 0 radical (unpaired) electrons. The third kappa shape index (κ3) is 2.92. The molecule has 0 spiro atoms. The maximum absolute atomic E-state index is 3.92. The van der Waals surface area contributed by atoms with E-state index < -0.39 is 0 Å². The average Bonchev–Trinajstić information content (AvgIpc) is 2.71. The lowest BCUT2D eigenvalue weighted by Gasteiger charge is -2.34. The molecule has 0 amide bonds. The first-order valence-corrected chi connectivity index (χ1v) is 8.84. The van der Waals surface area contributed by atoms with Crippen molar-refractivity contribution < 1.29 is 0 Å². The number of halogens is 1. The van der Waals surface area contributed by atoms with Crippen molar-refractivity contribution in [1.29, 1.82) is 0 Å². The van der Waals surface area contributed by atoms with Crippen LogP contribution in [-0.2, 0) is 6.42 Å². The second-order valence-corrected chi connectivity index (χ2v) is 8.67. The topological polar surface area (TPSA) is 15.3 Å². The van der Waals surface area contributed by atoms with Crippen molar-refractivity contribution in [3.63, 3.8) is 0 Å². The van der Waals surface area contributed by atoms with Gasteiger partial charge in [-0.25, -0.2) is 0 Å². The van der Waals surface area contributed by atoms with Gasteiger partial charge in [0.25, 0.3) is 0 Å². The molecule has 1 fully saturated rings. The number of nitrogens with one attached hydrogen (secondary N) is 1. The van der Waals surface area contributed by atoms with E-state index in [-0.39, 0.29) is 0 Å². The molecule has 3 rings (SSSR count). The second kappa shape index (κ2) is 5.77. The molecule has 2 unspecified atom stereocenters. The van der Waals surface area contributed by atoms with Gasteiger partial charge in [-0.2, -0.15) is 0 Å². The standard InChI is InChI=1S/C14H21IN2S/c1-17-7-3-4-10(9-17)16-12-5-2-6-13-11(12)8-14(15)18-13/h8,10,12,16H,2-7,9H2,1H3. The van der Waals surface area contributed by atoms with Crippen LogP contribution in [0.2, 0.25) is 0 Å². The third-order valence-corrected chi connectivity index (χ3v) is 6.12. The zero-order valence-electron chi connectivity index (χ0n) is 10.9. The van der Waals surface area contributed by atoms with Crippen molar-refractivity contribution in [1.82, 2.24) is 10.2 Å². The van der Waals surface area contributed by atoms with Crippen LogP contribution >= 0.6 is 33.9 Å². The summed E-state index contributed by atoms with van der Waals surface area (Å²) in [6.45, 7) is 2.48. The normalized spacial score (nSPS) is 29.2. The van der Waals surface area contributed by atoms with Gasteiger partial charge in [0.15, 0.2) is 0 Å². The number of fused-ring (bicyclic) bond motifs is 1. The van der Waals surface area contributed by atoms with Crippen LogP contribution in [0.15, 0.2) is 6.07 Å². The summed E-state index contributed by atoms with van der Waals surface area (Å²) in [5, 5.41) is 3.92. The van der Waals surface area contributed by atoms with E-state index in [9.17, 15) is 0 Å². The van der Waals surface area contributed by atoms with Gasteiger partial charge in [-0.1, -0.05) is 0 Å². The summed E-state index contributed by atoms with van der Waals surface area (Å²) in [4.78, 5) is 4.09. The Morgan fingerprint density at radius 1 is 1.39 bits per heavy atom. The summed E-state index contributed by atoms with van der Waals surface area (Å²) in [5.74, 6) is 0. The molecule has 0 saturated carbocycles. The summed E-state index contributed by atoms with van der Waals surface area (Å²) < 4.78 is 1.45. The predicted octanol–water partition coefficient (Wildman–Crippen LogP) is 3.41. The number of aryl methyl sites for hydroxylation is 1. The molecule has 1 saturated heterocycles. The fourth-order valence-corrected chi connectivity index (χ4v) is 5.40. The van der Waals surface area contributed by atoms with Gasteiger partial charge >= 0.3 is 0 Å². The van der Waals surface area contributed by atoms with Gasteiger partial charge in [0.05, 0.1) is 2.88 Å². The number of thiophene rings is 1. The maximum Gasteiger partial charge on any atom is 0.0659 e. The summed E-state index contributed by atoms with van der Waals surface area (Å²) in [7, 11) is 2.24. The lowest BCUT2D eigenvalue weighted by Crippen LogP contribution is -2.45. The Balaban J connectivity index is 1.70. The van der Waals surface area contributed by atoms with Crippen molar-refractivity contribution in [3.8, 4) is 0 Å². The van der Waals surface area contributed by atoms with Gasteiger partial charge in [0.1, 0.15) is 0 Å². The smallest absolute Gasteiger partial charge is 0.0659 e. The van der Waals surface area contributed by atoms with Crippen LogP contribution < -0.4 is 5.32 Å². The highest BCUT2D eigenvalue weighted by molar-refractivity contribution is 14.1. The van der Waals surface area contributed by atoms with E-state index in [1.807, 2.05) is 11.3 Å². The van der Waals surface area contributed by atoms with Crippen LogP contribution in [0.1, 0.15) is 42.2 Å². The van der Waals surface area contributed by atoms with Crippen LogP contribution in [0, 0.1) is 2.88 Å². The van der Waals surface area contributed by atoms with Crippen LogP contribution in [0.4, 0.5) is 0 Å². The Bertz CT molecular complexity index is 418. The minimum atomic E-state index is 0.616. The Kier molecular flexibility index (Phi) is 4.28. The SMILES string of the molecule is CN1CCCC(NC2CCCc3sc(I)cc32)C1. The van der Waals surface area contributed by atoms with E-state index in [2.05, 4.69) is 45.9 Å². The Morgan fingerprint density at radius 2 is 2.28 bits per heavy atom. The number of nitrogens with zero attached hydrogens (tertiary/aromatic N) is 1. The van der Waals surface area contributed by atoms with E-state index in [1.165, 1.54) is 48.1 Å². The van der Waals surface area contributed by atoms with Gasteiger partial charge in [-0.05, 0) is 79.9 Å². The van der Waals surface area contributed by atoms with Gasteiger partial charge < -0.3 is 10.2 Å². The van der Waals surface area contributed by atoms with Crippen LogP contribution in [0.3, 0.4) is 0 Å². The summed E-state index contributed by atoms with van der Waals surface area (Å²) in [6.07, 6.45) is 6.65. The molecule has 2 heterocycles. The summed E-state index contributed by atoms with van der Waals surface area (Å²) in [5.41, 5.74) is 1.60. The lowest BCUT2D eigenvalue weighted by molar-refractivity contribution is 0.212. The van der Waals surface area contributed by atoms with E-state index in [4.69, 9.17) is 0 Å². The number of rotatable bonds is 2. The molecule has 4 heteroatoms. The van der Waals surface area contributed by atoms with Gasteiger partial charge in [-0.3, -0.25) is 0 Å². The molecule has 2 atom stereocenters. The number of hydrogen-bond acceptors (Lipinski definition) is 3. The monoisotopic (exact) mass is 376 g/mol. The van der Waals surface area contributed by atoms with Crippen LogP contribution in [0.5, 0.6) is 0 Å². The van der Waals surface area contributed by atoms with Crippen molar-refractivity contribution >= 4 is 33.9 Å². The molecule has 2 aliphatic rings. The van der Waals surface area contributed by atoms with E-state index in [1.54, 1.807) is 10.4 Å². The van der Waals surface area contributed by atoms with Crippen LogP contribution in [0.25, 0.3) is 0 Å². The van der Waals surface area contributed by atoms with Crippen molar-refractivity contribution in [3.05, 3.63) is 19.4 Å². The Labute approximate surface area is 127 Å². The predicted molar refractivity (Wildman–Crippen MR) is 86.4 cm³/mol. The molecule has 1 aromatic heterocycles. The molecule has 0 bridgehead atoms. The zero-order chi connectivity index (χ0) is 12.5. The fraction of sp³-hybridized carbons (Fsp3) is 0.714. The molecule has 1 aliphatic carbocycles. The van der Waals surface area contributed by atoms with Crippen molar-refractivity contribution in [2.24, 2.45) is 0 Å². The molecule has 0 aromatic carbocycles.